The van der Waals surface area contributed by atoms with Crippen molar-refractivity contribution in [2.24, 2.45) is 5.73 Å². The molecule has 0 bridgehead atoms. The van der Waals surface area contributed by atoms with Crippen LogP contribution >= 0.6 is 24.8 Å². The zero-order valence-corrected chi connectivity index (χ0v) is 15.4. The van der Waals surface area contributed by atoms with Crippen molar-refractivity contribution in [3.05, 3.63) is 0 Å². The highest BCUT2D eigenvalue weighted by molar-refractivity contribution is 5.86. The van der Waals surface area contributed by atoms with Gasteiger partial charge in [0.1, 0.15) is 0 Å². The Bertz CT molecular complexity index is 336. The molecule has 2 fully saturated rings. The van der Waals surface area contributed by atoms with Crippen LogP contribution in [0.25, 0.3) is 0 Å². The Hall–Kier alpha value is -0.0700. The highest BCUT2D eigenvalue weighted by Crippen LogP contribution is 2.30. The molecule has 2 saturated heterocycles. The van der Waals surface area contributed by atoms with Crippen LogP contribution < -0.4 is 11.1 Å². The lowest BCUT2D eigenvalue weighted by Gasteiger charge is -2.48. The number of hydrogen-bond acceptors (Lipinski definition) is 4. The maximum absolute atomic E-state index is 12.0. The molecule has 2 heterocycles. The smallest absolute Gasteiger partial charge is 0.239 e. The highest BCUT2D eigenvalue weighted by atomic mass is 35.5. The van der Waals surface area contributed by atoms with Gasteiger partial charge in [-0.3, -0.25) is 9.69 Å². The van der Waals surface area contributed by atoms with Crippen LogP contribution in [0.4, 0.5) is 0 Å². The second-order valence-electron chi connectivity index (χ2n) is 6.79. The summed E-state index contributed by atoms with van der Waals surface area (Å²) in [6, 6.07) is 0. The van der Waals surface area contributed by atoms with Crippen LogP contribution in [-0.2, 0) is 9.53 Å². The van der Waals surface area contributed by atoms with Crippen molar-refractivity contribution in [3.63, 3.8) is 0 Å². The second-order valence-corrected chi connectivity index (χ2v) is 6.79. The molecular weight excluding hydrogens is 325 g/mol. The van der Waals surface area contributed by atoms with Crippen LogP contribution in [0.2, 0.25) is 0 Å². The lowest BCUT2D eigenvalue weighted by Crippen LogP contribution is -2.61. The van der Waals surface area contributed by atoms with Gasteiger partial charge in [0.15, 0.2) is 0 Å². The lowest BCUT2D eigenvalue weighted by atomic mass is 9.85. The van der Waals surface area contributed by atoms with E-state index < -0.39 is 5.54 Å². The first kappa shape index (κ1) is 21.9. The number of carbonyl (C=O) groups excluding carboxylic acids is 1. The fraction of sp³-hybridized carbons (Fsp3) is 0.933. The zero-order valence-electron chi connectivity index (χ0n) is 13.7. The number of halogens is 2. The number of hydrogen-bond donors (Lipinski definition) is 2. The molecule has 7 heteroatoms. The van der Waals surface area contributed by atoms with E-state index in [2.05, 4.69) is 10.2 Å². The van der Waals surface area contributed by atoms with Gasteiger partial charge in [0.2, 0.25) is 5.91 Å². The first-order valence-electron chi connectivity index (χ1n) is 7.84. The lowest BCUT2D eigenvalue weighted by molar-refractivity contribution is -0.126. The van der Waals surface area contributed by atoms with Gasteiger partial charge in [-0.25, -0.2) is 0 Å². The summed E-state index contributed by atoms with van der Waals surface area (Å²) in [5, 5.41) is 3.07. The van der Waals surface area contributed by atoms with Crippen LogP contribution in [0.3, 0.4) is 0 Å². The number of ether oxygens (including phenoxy) is 1. The van der Waals surface area contributed by atoms with E-state index in [1.54, 1.807) is 13.8 Å². The van der Waals surface area contributed by atoms with Crippen molar-refractivity contribution >= 4 is 30.7 Å². The minimum Gasteiger partial charge on any atom is -0.381 e. The van der Waals surface area contributed by atoms with Gasteiger partial charge >= 0.3 is 0 Å². The average molecular weight is 356 g/mol. The maximum atomic E-state index is 12.0. The molecule has 22 heavy (non-hydrogen) atoms. The van der Waals surface area contributed by atoms with Crippen LogP contribution in [0.1, 0.15) is 46.0 Å². The summed E-state index contributed by atoms with van der Waals surface area (Å²) < 4.78 is 5.53. The fourth-order valence-corrected chi connectivity index (χ4v) is 3.20. The Morgan fingerprint density at radius 1 is 1.18 bits per heavy atom. The minimum atomic E-state index is -0.811. The Kier molecular flexibility index (Phi) is 9.25. The van der Waals surface area contributed by atoms with Gasteiger partial charge in [-0.2, -0.15) is 0 Å². The molecule has 0 aromatic carbocycles. The molecule has 0 saturated carbocycles. The largest absolute Gasteiger partial charge is 0.381 e. The molecule has 132 valence electrons. The standard InChI is InChI=1S/C15H29N3O2.2ClH/c1-14(2,16)13(19)17-12-15(6-10-20-11-7-15)18-8-4-3-5-9-18;;/h3-12,16H2,1-2H3,(H,17,19);2*1H. The number of nitrogens with zero attached hydrogens (tertiary/aromatic N) is 1. The third kappa shape index (κ3) is 5.53. The summed E-state index contributed by atoms with van der Waals surface area (Å²) in [5.74, 6) is -0.0691. The average Bonchev–Trinajstić information content (AvgIpc) is 2.45. The number of piperidine rings is 1. The Morgan fingerprint density at radius 2 is 1.73 bits per heavy atom. The number of nitrogens with two attached hydrogens (primary N) is 1. The molecule has 2 aliphatic rings. The third-order valence-electron chi connectivity index (χ3n) is 4.61. The Labute approximate surface area is 146 Å². The predicted octanol–water partition coefficient (Wildman–Crippen LogP) is 1.72. The van der Waals surface area contributed by atoms with E-state index in [1.165, 1.54) is 19.3 Å². The van der Waals surface area contributed by atoms with Crippen LogP contribution in [-0.4, -0.2) is 54.7 Å². The summed E-state index contributed by atoms with van der Waals surface area (Å²) in [5.41, 5.74) is 5.12. The summed E-state index contributed by atoms with van der Waals surface area (Å²) in [6.45, 7) is 8.05. The summed E-state index contributed by atoms with van der Waals surface area (Å²) in [7, 11) is 0. The number of rotatable bonds is 4. The van der Waals surface area contributed by atoms with Crippen LogP contribution in [0, 0.1) is 0 Å². The highest BCUT2D eigenvalue weighted by Gasteiger charge is 2.39. The molecule has 5 nitrogen and oxygen atoms in total. The minimum absolute atomic E-state index is 0. The summed E-state index contributed by atoms with van der Waals surface area (Å²) >= 11 is 0. The molecule has 0 radical (unpaired) electrons. The van der Waals surface area contributed by atoms with E-state index in [1.807, 2.05) is 0 Å². The van der Waals surface area contributed by atoms with E-state index in [0.717, 1.165) is 39.1 Å². The van der Waals surface area contributed by atoms with Gasteiger partial charge in [-0.05, 0) is 52.6 Å². The summed E-state index contributed by atoms with van der Waals surface area (Å²) in [6.07, 6.45) is 5.85. The van der Waals surface area contributed by atoms with Gasteiger partial charge in [0.05, 0.1) is 5.54 Å². The predicted molar refractivity (Wildman–Crippen MR) is 94.0 cm³/mol. The molecule has 2 aliphatic heterocycles. The van der Waals surface area contributed by atoms with Crippen molar-refractivity contribution in [3.8, 4) is 0 Å². The van der Waals surface area contributed by atoms with E-state index in [4.69, 9.17) is 10.5 Å². The normalized spacial score (nSPS) is 22.1. The maximum Gasteiger partial charge on any atom is 0.239 e. The monoisotopic (exact) mass is 355 g/mol. The molecule has 0 atom stereocenters. The van der Waals surface area contributed by atoms with Crippen molar-refractivity contribution in [1.82, 2.24) is 10.2 Å². The molecule has 0 unspecified atom stereocenters. The van der Waals surface area contributed by atoms with E-state index in [0.29, 0.717) is 6.54 Å². The summed E-state index contributed by atoms with van der Waals surface area (Å²) in [4.78, 5) is 14.6. The molecule has 1 amide bonds. The van der Waals surface area contributed by atoms with Gasteiger partial charge in [-0.1, -0.05) is 6.42 Å². The third-order valence-corrected chi connectivity index (χ3v) is 4.61. The molecule has 3 N–H and O–H groups in total. The number of carbonyl (C=O) groups is 1. The first-order chi connectivity index (χ1) is 9.44. The Balaban J connectivity index is 0.00000220. The molecule has 0 spiro atoms. The van der Waals surface area contributed by atoms with E-state index in [-0.39, 0.29) is 36.3 Å². The Morgan fingerprint density at radius 3 is 2.23 bits per heavy atom. The van der Waals surface area contributed by atoms with Crippen LogP contribution in [0.5, 0.6) is 0 Å². The second kappa shape index (κ2) is 9.28. The van der Waals surface area contributed by atoms with Gasteiger partial charge < -0.3 is 15.8 Å². The van der Waals surface area contributed by atoms with Crippen molar-refractivity contribution in [1.29, 1.82) is 0 Å². The van der Waals surface area contributed by atoms with Crippen molar-refractivity contribution in [2.45, 2.75) is 57.0 Å². The van der Waals surface area contributed by atoms with Crippen molar-refractivity contribution in [2.75, 3.05) is 32.8 Å². The molecule has 0 aromatic rings. The molecule has 2 rings (SSSR count). The number of likely N-dealkylation sites (tertiary alicyclic amines) is 1. The van der Waals surface area contributed by atoms with Crippen molar-refractivity contribution < 1.29 is 9.53 Å². The first-order valence-corrected chi connectivity index (χ1v) is 7.84. The quantitative estimate of drug-likeness (QED) is 0.805. The fourth-order valence-electron chi connectivity index (χ4n) is 3.20. The molecule has 0 aliphatic carbocycles. The van der Waals surface area contributed by atoms with Gasteiger partial charge in [0.25, 0.3) is 0 Å². The van der Waals surface area contributed by atoms with Gasteiger partial charge in [-0.15, -0.1) is 24.8 Å². The SMILES string of the molecule is CC(C)(N)C(=O)NCC1(N2CCCCC2)CCOCC1.Cl.Cl. The topological polar surface area (TPSA) is 67.6 Å². The number of nitrogens with one attached hydrogen (secondary N) is 1. The van der Waals surface area contributed by atoms with Crippen LogP contribution in [0.15, 0.2) is 0 Å². The van der Waals surface area contributed by atoms with E-state index >= 15 is 0 Å². The van der Waals surface area contributed by atoms with Gasteiger partial charge in [0, 0.05) is 25.3 Å². The van der Waals surface area contributed by atoms with E-state index in [9.17, 15) is 4.79 Å². The molecule has 0 aromatic heterocycles. The number of amides is 1. The zero-order chi connectivity index (χ0) is 14.6. The molecular formula is C15H31Cl2N3O2.